The van der Waals surface area contributed by atoms with E-state index in [1.54, 1.807) is 0 Å². The van der Waals surface area contributed by atoms with Crippen LogP contribution < -0.4 is 4.68 Å². The molecule has 2 N–H and O–H groups in total. The van der Waals surface area contributed by atoms with Crippen LogP contribution in [0.2, 0.25) is 0 Å². The van der Waals surface area contributed by atoms with Crippen LogP contribution in [0.1, 0.15) is 25.0 Å². The topological polar surface area (TPSA) is 48.4 Å². The van der Waals surface area contributed by atoms with Crippen molar-refractivity contribution in [2.24, 2.45) is 0 Å². The third-order valence-electron chi connectivity index (χ3n) is 4.56. The monoisotopic (exact) mass is 305 g/mol. The number of aromatic nitrogens is 4. The van der Waals surface area contributed by atoms with Gasteiger partial charge in [-0.05, 0) is 56.2 Å². The number of H-pyrrole nitrogens is 2. The Bertz CT molecular complexity index is 991. The standard InChI is InChI=1S/C19H20N4/c1-13-4-5-14-11-23(22-18(14)8-13)12-19(2,3)16-6-7-17-15(9-16)10-20-21-17/h4-11H,12H2,1-3H3,(H,20,21)/p+1. The Hall–Kier alpha value is -2.62. The van der Waals surface area contributed by atoms with E-state index >= 15 is 0 Å². The summed E-state index contributed by atoms with van der Waals surface area (Å²) in [5, 5.41) is 13.0. The molecule has 0 spiro atoms. The number of hydrogen-bond donors (Lipinski definition) is 2. The molecule has 0 saturated heterocycles. The second kappa shape index (κ2) is 4.95. The van der Waals surface area contributed by atoms with Crippen LogP contribution >= 0.6 is 0 Å². The zero-order valence-corrected chi connectivity index (χ0v) is 13.7. The first-order valence-electron chi connectivity index (χ1n) is 7.94. The Morgan fingerprint density at radius 1 is 1.04 bits per heavy atom. The van der Waals surface area contributed by atoms with Gasteiger partial charge in [0.25, 0.3) is 0 Å². The third-order valence-corrected chi connectivity index (χ3v) is 4.56. The minimum Gasteiger partial charge on any atom is -0.278 e. The van der Waals surface area contributed by atoms with Crippen molar-refractivity contribution in [3.05, 3.63) is 59.9 Å². The highest BCUT2D eigenvalue weighted by Crippen LogP contribution is 2.26. The highest BCUT2D eigenvalue weighted by atomic mass is 15.3. The summed E-state index contributed by atoms with van der Waals surface area (Å²) in [5.41, 5.74) is 4.88. The van der Waals surface area contributed by atoms with Gasteiger partial charge in [0.05, 0.1) is 22.5 Å². The molecule has 2 aromatic heterocycles. The first-order valence-corrected chi connectivity index (χ1v) is 7.94. The molecule has 0 unspecified atom stereocenters. The van der Waals surface area contributed by atoms with Gasteiger partial charge in [0.1, 0.15) is 5.52 Å². The van der Waals surface area contributed by atoms with Gasteiger partial charge in [-0.1, -0.05) is 12.1 Å². The quantitative estimate of drug-likeness (QED) is 0.558. The number of aryl methyl sites for hydroxylation is 1. The van der Waals surface area contributed by atoms with E-state index in [2.05, 4.69) is 83.3 Å². The van der Waals surface area contributed by atoms with Gasteiger partial charge in [0.2, 0.25) is 6.20 Å². The molecule has 4 heteroatoms. The Morgan fingerprint density at radius 2 is 1.91 bits per heavy atom. The average molecular weight is 305 g/mol. The van der Waals surface area contributed by atoms with E-state index < -0.39 is 0 Å². The minimum absolute atomic E-state index is 0.0199. The maximum atomic E-state index is 4.11. The molecular formula is C19H21N4+. The summed E-state index contributed by atoms with van der Waals surface area (Å²) < 4.78 is 2.18. The number of benzene rings is 2. The van der Waals surface area contributed by atoms with Gasteiger partial charge in [-0.25, -0.2) is 0 Å². The molecule has 4 rings (SSSR count). The summed E-state index contributed by atoms with van der Waals surface area (Å²) in [6.07, 6.45) is 4.07. The number of aromatic amines is 2. The molecule has 0 fully saturated rings. The summed E-state index contributed by atoms with van der Waals surface area (Å²) >= 11 is 0. The molecule has 116 valence electrons. The summed E-state index contributed by atoms with van der Waals surface area (Å²) in [6, 6.07) is 13.0. The van der Waals surface area contributed by atoms with Gasteiger partial charge >= 0.3 is 0 Å². The predicted molar refractivity (Wildman–Crippen MR) is 92.4 cm³/mol. The Kier molecular flexibility index (Phi) is 3.01. The van der Waals surface area contributed by atoms with Crippen LogP contribution in [-0.4, -0.2) is 15.3 Å². The van der Waals surface area contributed by atoms with E-state index in [4.69, 9.17) is 0 Å². The van der Waals surface area contributed by atoms with E-state index in [9.17, 15) is 0 Å². The van der Waals surface area contributed by atoms with E-state index in [0.717, 1.165) is 17.4 Å². The second-order valence-electron chi connectivity index (χ2n) is 7.02. The molecule has 4 aromatic rings. The molecule has 0 amide bonds. The fourth-order valence-electron chi connectivity index (χ4n) is 3.20. The number of nitrogens with one attached hydrogen (secondary N) is 2. The van der Waals surface area contributed by atoms with Crippen molar-refractivity contribution >= 4 is 21.8 Å². The highest BCUT2D eigenvalue weighted by molar-refractivity contribution is 5.79. The smallest absolute Gasteiger partial charge is 0.203 e. The predicted octanol–water partition coefficient (Wildman–Crippen LogP) is 3.62. The lowest BCUT2D eigenvalue weighted by atomic mass is 9.84. The van der Waals surface area contributed by atoms with Gasteiger partial charge in [-0.2, -0.15) is 10.2 Å². The molecule has 2 heterocycles. The van der Waals surface area contributed by atoms with Gasteiger partial charge in [0, 0.05) is 5.39 Å². The minimum atomic E-state index is 0.0199. The molecule has 0 aliphatic rings. The largest absolute Gasteiger partial charge is 0.278 e. The molecule has 2 aromatic carbocycles. The summed E-state index contributed by atoms with van der Waals surface area (Å²) in [4.78, 5) is 0. The van der Waals surface area contributed by atoms with Crippen LogP contribution in [0.25, 0.3) is 21.8 Å². The van der Waals surface area contributed by atoms with Gasteiger partial charge < -0.3 is 0 Å². The van der Waals surface area contributed by atoms with Gasteiger partial charge in [-0.15, -0.1) is 4.68 Å². The maximum Gasteiger partial charge on any atom is 0.203 e. The van der Waals surface area contributed by atoms with Crippen molar-refractivity contribution in [1.29, 1.82) is 0 Å². The first-order chi connectivity index (χ1) is 11.0. The maximum absolute atomic E-state index is 4.11. The van der Waals surface area contributed by atoms with Crippen molar-refractivity contribution < 1.29 is 4.68 Å². The number of fused-ring (bicyclic) bond motifs is 2. The molecule has 0 atom stereocenters. The Balaban J connectivity index is 1.69. The summed E-state index contributed by atoms with van der Waals surface area (Å²) in [5.74, 6) is 0. The summed E-state index contributed by atoms with van der Waals surface area (Å²) in [6.45, 7) is 7.56. The molecule has 0 aliphatic heterocycles. The van der Waals surface area contributed by atoms with Crippen LogP contribution in [0.3, 0.4) is 0 Å². The third kappa shape index (κ3) is 2.50. The van der Waals surface area contributed by atoms with Crippen LogP contribution in [-0.2, 0) is 12.0 Å². The second-order valence-corrected chi connectivity index (χ2v) is 7.02. The van der Waals surface area contributed by atoms with E-state index in [0.29, 0.717) is 0 Å². The highest BCUT2D eigenvalue weighted by Gasteiger charge is 2.27. The fraction of sp³-hybridized carbons (Fsp3) is 0.263. The number of rotatable bonds is 3. The van der Waals surface area contributed by atoms with E-state index in [1.807, 2.05) is 6.20 Å². The van der Waals surface area contributed by atoms with Crippen molar-refractivity contribution in [2.45, 2.75) is 32.7 Å². The number of hydrogen-bond acceptors (Lipinski definition) is 1. The Morgan fingerprint density at radius 3 is 2.78 bits per heavy atom. The first kappa shape index (κ1) is 14.0. The van der Waals surface area contributed by atoms with Gasteiger partial charge in [-0.3, -0.25) is 5.10 Å². The lowest BCUT2D eigenvalue weighted by Gasteiger charge is -2.20. The molecular weight excluding hydrogens is 284 g/mol. The van der Waals surface area contributed by atoms with E-state index in [1.165, 1.54) is 22.0 Å². The summed E-state index contributed by atoms with van der Waals surface area (Å²) in [7, 11) is 0. The number of nitrogens with zero attached hydrogens (tertiary/aromatic N) is 2. The van der Waals surface area contributed by atoms with Crippen molar-refractivity contribution in [3.8, 4) is 0 Å². The van der Waals surface area contributed by atoms with Crippen LogP contribution in [0.15, 0.2) is 48.8 Å². The molecule has 0 saturated carbocycles. The molecule has 23 heavy (non-hydrogen) atoms. The molecule has 0 radical (unpaired) electrons. The molecule has 0 aliphatic carbocycles. The van der Waals surface area contributed by atoms with Crippen molar-refractivity contribution in [2.75, 3.05) is 0 Å². The van der Waals surface area contributed by atoms with Crippen LogP contribution in [0.5, 0.6) is 0 Å². The average Bonchev–Trinajstić information content (AvgIpc) is 3.11. The Labute approximate surface area is 135 Å². The molecule has 0 bridgehead atoms. The van der Waals surface area contributed by atoms with Crippen molar-refractivity contribution in [1.82, 2.24) is 15.3 Å². The fourth-order valence-corrected chi connectivity index (χ4v) is 3.20. The van der Waals surface area contributed by atoms with E-state index in [-0.39, 0.29) is 5.41 Å². The zero-order valence-electron chi connectivity index (χ0n) is 13.7. The lowest BCUT2D eigenvalue weighted by Crippen LogP contribution is -2.44. The molecule has 4 nitrogen and oxygen atoms in total. The SMILES string of the molecule is Cc1ccc2c[n+](CC(C)(C)c3ccc4[nH]ncc4c3)[nH]c2c1. The van der Waals surface area contributed by atoms with Crippen molar-refractivity contribution in [3.63, 3.8) is 0 Å². The lowest BCUT2D eigenvalue weighted by molar-refractivity contribution is -0.754. The zero-order chi connectivity index (χ0) is 16.0. The van der Waals surface area contributed by atoms with Crippen LogP contribution in [0.4, 0.5) is 0 Å². The normalized spacial score (nSPS) is 12.3. The van der Waals surface area contributed by atoms with Crippen LogP contribution in [0, 0.1) is 6.92 Å². The van der Waals surface area contributed by atoms with Gasteiger partial charge in [0.15, 0.2) is 6.54 Å².